The monoisotopic (exact) mass is 138 g/mol. The van der Waals surface area contributed by atoms with E-state index in [2.05, 4.69) is 4.98 Å². The smallest absolute Gasteiger partial charge is 0.265 e. The molecule has 0 aromatic carbocycles. The third-order valence-electron chi connectivity index (χ3n) is 0.566. The molecule has 1 aromatic heterocycles. The second-order valence-electron chi connectivity index (χ2n) is 1.02. The number of aromatic nitrogens is 1. The Balaban J connectivity index is 0.000000360. The second-order valence-corrected chi connectivity index (χ2v) is 1.02. The van der Waals surface area contributed by atoms with E-state index in [1.165, 1.54) is 0 Å². The summed E-state index contributed by atoms with van der Waals surface area (Å²) in [6.45, 7) is 0. The van der Waals surface area contributed by atoms with Crippen LogP contribution >= 0.6 is 0 Å². The van der Waals surface area contributed by atoms with Gasteiger partial charge in [-0.05, 0) is 12.1 Å². The minimum absolute atomic E-state index is 0. The van der Waals surface area contributed by atoms with Crippen LogP contribution in [0.5, 0.6) is 0 Å². The first-order chi connectivity index (χ1) is 3.00. The van der Waals surface area contributed by atoms with Gasteiger partial charge in [-0.1, -0.05) is 6.07 Å². The molecule has 1 rings (SSSR count). The Hall–Kier alpha value is -0.344. The molecular weight excluding hydrogens is 133 g/mol. The van der Waals surface area contributed by atoms with Crippen molar-refractivity contribution in [3.8, 4) is 0 Å². The first-order valence-corrected chi connectivity index (χ1v) is 1.85. The molecule has 36 valence electrons. The molecule has 1 nitrogen and oxygen atoms in total. The molecule has 2 heteroatoms. The van der Waals surface area contributed by atoms with Crippen molar-refractivity contribution >= 4 is 0 Å². The third kappa shape index (κ3) is 2.36. The first kappa shape index (κ1) is 6.66. The summed E-state index contributed by atoms with van der Waals surface area (Å²) in [4.78, 5) is 3.78. The van der Waals surface area contributed by atoms with Crippen LogP contribution in [0.1, 0.15) is 0 Å². The molecule has 0 fully saturated rings. The van der Waals surface area contributed by atoms with Crippen molar-refractivity contribution in [2.45, 2.75) is 0 Å². The topological polar surface area (TPSA) is 12.9 Å². The minimum Gasteiger partial charge on any atom is -0.265 e. The predicted octanol–water partition coefficient (Wildman–Crippen LogP) is 1.08. The van der Waals surface area contributed by atoms with Crippen LogP contribution in [-0.2, 0) is 16.8 Å². The van der Waals surface area contributed by atoms with Crippen LogP contribution in [0, 0.1) is 0 Å². The maximum absolute atomic E-state index is 3.78. The molecule has 0 radical (unpaired) electrons. The van der Waals surface area contributed by atoms with Crippen molar-refractivity contribution in [2.24, 2.45) is 0 Å². The van der Waals surface area contributed by atoms with E-state index in [-0.39, 0.29) is 16.8 Å². The molecule has 1 aromatic rings. The number of nitrogens with zero attached hydrogens (tertiary/aromatic N) is 1. The molecule has 0 amide bonds. The number of hydrogen-bond acceptors (Lipinski definition) is 1. The predicted molar refractivity (Wildman–Crippen MR) is 24.2 cm³/mol. The van der Waals surface area contributed by atoms with Gasteiger partial charge >= 0.3 is 16.8 Å². The molecule has 0 atom stereocenters. The van der Waals surface area contributed by atoms with Crippen molar-refractivity contribution < 1.29 is 16.8 Å². The minimum atomic E-state index is 0. The summed E-state index contributed by atoms with van der Waals surface area (Å²) in [7, 11) is 0. The van der Waals surface area contributed by atoms with Gasteiger partial charge in [0.25, 0.3) is 0 Å². The summed E-state index contributed by atoms with van der Waals surface area (Å²) in [6, 6.07) is 5.72. The molecule has 0 bridgehead atoms. The van der Waals surface area contributed by atoms with E-state index in [1.807, 2.05) is 18.2 Å². The number of rotatable bonds is 0. The van der Waals surface area contributed by atoms with Gasteiger partial charge in [0.2, 0.25) is 0 Å². The molecule has 0 unspecified atom stereocenters. The standard InChI is InChI=1S/C5H5N.Co/c1-2-4-6-5-3-1;/h1-5H;/q;+3. The third-order valence-corrected chi connectivity index (χ3v) is 0.566. The van der Waals surface area contributed by atoms with Crippen LogP contribution in [-0.4, -0.2) is 4.98 Å². The van der Waals surface area contributed by atoms with E-state index >= 15 is 0 Å². The van der Waals surface area contributed by atoms with Gasteiger partial charge in [0.15, 0.2) is 0 Å². The zero-order chi connectivity index (χ0) is 4.24. The zero-order valence-electron chi connectivity index (χ0n) is 3.67. The summed E-state index contributed by atoms with van der Waals surface area (Å²) in [5, 5.41) is 0. The van der Waals surface area contributed by atoms with Crippen molar-refractivity contribution in [3.63, 3.8) is 0 Å². The van der Waals surface area contributed by atoms with E-state index in [0.717, 1.165) is 0 Å². The van der Waals surface area contributed by atoms with Crippen molar-refractivity contribution in [2.75, 3.05) is 0 Å². The van der Waals surface area contributed by atoms with Crippen LogP contribution in [0.4, 0.5) is 0 Å². The summed E-state index contributed by atoms with van der Waals surface area (Å²) in [6.07, 6.45) is 3.50. The Morgan fingerprint density at radius 3 is 1.57 bits per heavy atom. The maximum Gasteiger partial charge on any atom is 3.00 e. The molecule has 0 spiro atoms. The molecule has 0 saturated heterocycles. The van der Waals surface area contributed by atoms with Crippen molar-refractivity contribution in [3.05, 3.63) is 30.6 Å². The van der Waals surface area contributed by atoms with Crippen molar-refractivity contribution in [1.82, 2.24) is 4.98 Å². The van der Waals surface area contributed by atoms with Gasteiger partial charge in [0.05, 0.1) is 0 Å². The number of pyridine rings is 1. The van der Waals surface area contributed by atoms with Crippen LogP contribution in [0.25, 0.3) is 0 Å². The molecular formula is C5H5CoN+3. The van der Waals surface area contributed by atoms with Crippen LogP contribution in [0.15, 0.2) is 30.6 Å². The summed E-state index contributed by atoms with van der Waals surface area (Å²) < 4.78 is 0. The molecule has 1 heterocycles. The van der Waals surface area contributed by atoms with E-state index in [0.29, 0.717) is 0 Å². The Morgan fingerprint density at radius 1 is 0.857 bits per heavy atom. The van der Waals surface area contributed by atoms with Crippen LogP contribution in [0.2, 0.25) is 0 Å². The Labute approximate surface area is 53.0 Å². The summed E-state index contributed by atoms with van der Waals surface area (Å²) >= 11 is 0. The normalized spacial score (nSPS) is 6.86. The fraction of sp³-hybridized carbons (Fsp3) is 0. The fourth-order valence-corrected chi connectivity index (χ4v) is 0.313. The quantitative estimate of drug-likeness (QED) is 0.522. The molecule has 0 aliphatic carbocycles. The van der Waals surface area contributed by atoms with Gasteiger partial charge in [-0.25, -0.2) is 0 Å². The Morgan fingerprint density at radius 2 is 1.43 bits per heavy atom. The van der Waals surface area contributed by atoms with E-state index in [1.54, 1.807) is 12.4 Å². The van der Waals surface area contributed by atoms with Gasteiger partial charge in [0.1, 0.15) is 0 Å². The summed E-state index contributed by atoms with van der Waals surface area (Å²) in [5.74, 6) is 0. The fourth-order valence-electron chi connectivity index (χ4n) is 0.313. The summed E-state index contributed by atoms with van der Waals surface area (Å²) in [5.41, 5.74) is 0. The van der Waals surface area contributed by atoms with Gasteiger partial charge in [-0.15, -0.1) is 0 Å². The maximum atomic E-state index is 3.78. The van der Waals surface area contributed by atoms with Gasteiger partial charge in [-0.3, -0.25) is 4.98 Å². The molecule has 0 aliphatic rings. The first-order valence-electron chi connectivity index (χ1n) is 1.85. The van der Waals surface area contributed by atoms with E-state index in [4.69, 9.17) is 0 Å². The second kappa shape index (κ2) is 3.83. The Bertz CT molecular complexity index is 80.0. The molecule has 7 heavy (non-hydrogen) atoms. The van der Waals surface area contributed by atoms with E-state index in [9.17, 15) is 0 Å². The zero-order valence-corrected chi connectivity index (χ0v) is 4.71. The SMILES string of the molecule is [Co+3].c1ccncc1. The van der Waals surface area contributed by atoms with E-state index < -0.39 is 0 Å². The van der Waals surface area contributed by atoms with Crippen LogP contribution < -0.4 is 0 Å². The molecule has 0 N–H and O–H groups in total. The van der Waals surface area contributed by atoms with Crippen molar-refractivity contribution in [1.29, 1.82) is 0 Å². The Kier molecular flexibility index (Phi) is 3.65. The van der Waals surface area contributed by atoms with Gasteiger partial charge < -0.3 is 0 Å². The number of hydrogen-bond donors (Lipinski definition) is 0. The largest absolute Gasteiger partial charge is 3.00 e. The molecule has 0 saturated carbocycles. The van der Waals surface area contributed by atoms with Gasteiger partial charge in [-0.2, -0.15) is 0 Å². The average molecular weight is 138 g/mol. The molecule has 0 aliphatic heterocycles. The average Bonchev–Trinajstić information content (AvgIpc) is 1.72. The van der Waals surface area contributed by atoms with Gasteiger partial charge in [0, 0.05) is 12.4 Å². The van der Waals surface area contributed by atoms with Crippen LogP contribution in [0.3, 0.4) is 0 Å².